The van der Waals surface area contributed by atoms with Crippen LogP contribution in [0.5, 0.6) is 0 Å². The summed E-state index contributed by atoms with van der Waals surface area (Å²) < 4.78 is 8.60. The van der Waals surface area contributed by atoms with Gasteiger partial charge in [0, 0.05) is 28.4 Å². The molecule has 0 fully saturated rings. The van der Waals surface area contributed by atoms with Crippen molar-refractivity contribution in [1.29, 1.82) is 0 Å². The fraction of sp³-hybridized carbons (Fsp3) is 0.200. The monoisotopic (exact) mass is 362 g/mol. The number of aromatic nitrogens is 4. The van der Waals surface area contributed by atoms with Crippen molar-refractivity contribution in [2.45, 2.75) is 27.3 Å². The standard InChI is InChI=1S/C20H18N4O3/c1-12-8-16(14(3)24(12)20-9-13(2)27-22-20)19(26)11-23-17-7-5-4-6-15(17)18(25)10-21-23/h4-10H,11H2,1-3H3. The van der Waals surface area contributed by atoms with Crippen molar-refractivity contribution in [1.82, 2.24) is 19.5 Å². The molecule has 0 unspecified atom stereocenters. The Bertz CT molecular complexity index is 1230. The molecular weight excluding hydrogens is 344 g/mol. The van der Waals surface area contributed by atoms with Gasteiger partial charge in [-0.15, -0.1) is 0 Å². The Kier molecular flexibility index (Phi) is 3.99. The number of hydrogen-bond donors (Lipinski definition) is 0. The first-order chi connectivity index (χ1) is 13.0. The number of carbonyl (C=O) groups excluding carboxylic acids is 1. The van der Waals surface area contributed by atoms with Crippen LogP contribution >= 0.6 is 0 Å². The van der Waals surface area contributed by atoms with E-state index in [1.165, 1.54) is 6.20 Å². The van der Waals surface area contributed by atoms with Gasteiger partial charge in [-0.2, -0.15) is 5.10 Å². The molecule has 0 N–H and O–H groups in total. The topological polar surface area (TPSA) is 82.9 Å². The molecule has 0 atom stereocenters. The van der Waals surface area contributed by atoms with Gasteiger partial charge < -0.3 is 4.52 Å². The zero-order valence-corrected chi connectivity index (χ0v) is 15.3. The van der Waals surface area contributed by atoms with Crippen molar-refractivity contribution in [3.05, 3.63) is 75.5 Å². The molecule has 0 amide bonds. The zero-order chi connectivity index (χ0) is 19.1. The Labute approximate surface area is 154 Å². The van der Waals surface area contributed by atoms with Crippen LogP contribution in [0.3, 0.4) is 0 Å². The molecule has 7 heteroatoms. The Morgan fingerprint density at radius 2 is 1.93 bits per heavy atom. The van der Waals surface area contributed by atoms with Crippen molar-refractivity contribution in [2.75, 3.05) is 0 Å². The first kappa shape index (κ1) is 17.0. The van der Waals surface area contributed by atoms with Gasteiger partial charge in [0.1, 0.15) is 12.3 Å². The maximum Gasteiger partial charge on any atom is 0.207 e. The molecule has 0 spiro atoms. The van der Waals surface area contributed by atoms with Crippen LogP contribution in [0.4, 0.5) is 0 Å². The number of hydrogen-bond acceptors (Lipinski definition) is 5. The third-order valence-corrected chi connectivity index (χ3v) is 4.63. The lowest BCUT2D eigenvalue weighted by Crippen LogP contribution is -2.18. The van der Waals surface area contributed by atoms with E-state index in [2.05, 4.69) is 10.3 Å². The average Bonchev–Trinajstić information content (AvgIpc) is 3.20. The Morgan fingerprint density at radius 3 is 2.67 bits per heavy atom. The highest BCUT2D eigenvalue weighted by Gasteiger charge is 2.19. The van der Waals surface area contributed by atoms with Crippen molar-refractivity contribution >= 4 is 16.7 Å². The molecule has 4 aromatic rings. The van der Waals surface area contributed by atoms with E-state index in [0.717, 1.165) is 11.4 Å². The summed E-state index contributed by atoms with van der Waals surface area (Å²) in [7, 11) is 0. The van der Waals surface area contributed by atoms with Crippen molar-refractivity contribution in [2.24, 2.45) is 0 Å². The van der Waals surface area contributed by atoms with Gasteiger partial charge in [-0.1, -0.05) is 17.3 Å². The first-order valence-corrected chi connectivity index (χ1v) is 8.56. The summed E-state index contributed by atoms with van der Waals surface area (Å²) >= 11 is 0. The molecule has 3 heterocycles. The minimum Gasteiger partial charge on any atom is -0.360 e. The molecule has 0 aliphatic carbocycles. The van der Waals surface area contributed by atoms with Crippen molar-refractivity contribution < 1.29 is 9.32 Å². The summed E-state index contributed by atoms with van der Waals surface area (Å²) in [4.78, 5) is 24.9. The second-order valence-corrected chi connectivity index (χ2v) is 6.52. The second kappa shape index (κ2) is 6.35. The zero-order valence-electron chi connectivity index (χ0n) is 15.3. The van der Waals surface area contributed by atoms with Crippen LogP contribution in [-0.2, 0) is 6.54 Å². The lowest BCUT2D eigenvalue weighted by Gasteiger charge is -2.09. The summed E-state index contributed by atoms with van der Waals surface area (Å²) in [5.74, 6) is 1.26. The maximum absolute atomic E-state index is 13.0. The molecule has 0 saturated carbocycles. The molecule has 3 aromatic heterocycles. The van der Waals surface area contributed by atoms with E-state index in [1.54, 1.807) is 22.9 Å². The highest BCUT2D eigenvalue weighted by atomic mass is 16.5. The van der Waals surface area contributed by atoms with E-state index >= 15 is 0 Å². The normalized spacial score (nSPS) is 11.2. The fourth-order valence-electron chi connectivity index (χ4n) is 3.36. The average molecular weight is 362 g/mol. The number of para-hydroxylation sites is 1. The largest absolute Gasteiger partial charge is 0.360 e. The fourth-order valence-corrected chi connectivity index (χ4v) is 3.36. The van der Waals surface area contributed by atoms with Gasteiger partial charge in [0.25, 0.3) is 0 Å². The van der Waals surface area contributed by atoms with Gasteiger partial charge in [0.2, 0.25) is 5.43 Å². The van der Waals surface area contributed by atoms with Crippen LogP contribution in [0.15, 0.2) is 51.9 Å². The smallest absolute Gasteiger partial charge is 0.207 e. The van der Waals surface area contributed by atoms with Crippen LogP contribution in [0.25, 0.3) is 16.7 Å². The molecule has 27 heavy (non-hydrogen) atoms. The second-order valence-electron chi connectivity index (χ2n) is 6.52. The van der Waals surface area contributed by atoms with E-state index in [1.807, 2.05) is 43.5 Å². The lowest BCUT2D eigenvalue weighted by atomic mass is 10.1. The third-order valence-electron chi connectivity index (χ3n) is 4.63. The predicted molar refractivity (Wildman–Crippen MR) is 100 cm³/mol. The SMILES string of the molecule is Cc1cc(-n2c(C)cc(C(=O)Cn3ncc(=O)c4ccccc43)c2C)no1. The van der Waals surface area contributed by atoms with Crippen molar-refractivity contribution in [3.8, 4) is 5.82 Å². The highest BCUT2D eigenvalue weighted by Crippen LogP contribution is 2.22. The number of fused-ring (bicyclic) bond motifs is 1. The number of nitrogens with zero attached hydrogens (tertiary/aromatic N) is 4. The van der Waals surface area contributed by atoms with E-state index in [9.17, 15) is 9.59 Å². The number of aryl methyl sites for hydroxylation is 2. The molecular formula is C20H18N4O3. The van der Waals surface area contributed by atoms with E-state index in [4.69, 9.17) is 4.52 Å². The van der Waals surface area contributed by atoms with Gasteiger partial charge in [-0.05, 0) is 39.0 Å². The third kappa shape index (κ3) is 2.87. The first-order valence-electron chi connectivity index (χ1n) is 8.56. The van der Waals surface area contributed by atoms with Crippen LogP contribution in [-0.4, -0.2) is 25.3 Å². The predicted octanol–water partition coefficient (Wildman–Crippen LogP) is 2.98. The Morgan fingerprint density at radius 1 is 1.15 bits per heavy atom. The van der Waals surface area contributed by atoms with Gasteiger partial charge in [0.15, 0.2) is 11.6 Å². The number of rotatable bonds is 4. The maximum atomic E-state index is 13.0. The highest BCUT2D eigenvalue weighted by molar-refractivity contribution is 5.98. The van der Waals surface area contributed by atoms with Gasteiger partial charge in [0.05, 0.1) is 11.7 Å². The van der Waals surface area contributed by atoms with Gasteiger partial charge in [-0.25, -0.2) is 0 Å². The molecule has 0 aliphatic heterocycles. The molecule has 7 nitrogen and oxygen atoms in total. The number of carbonyl (C=O) groups is 1. The minimum atomic E-state index is -0.158. The summed E-state index contributed by atoms with van der Waals surface area (Å²) in [5.41, 5.74) is 2.75. The number of benzene rings is 1. The van der Waals surface area contributed by atoms with E-state index in [0.29, 0.717) is 28.0 Å². The van der Waals surface area contributed by atoms with E-state index in [-0.39, 0.29) is 17.8 Å². The molecule has 0 saturated heterocycles. The summed E-state index contributed by atoms with van der Waals surface area (Å²) in [6.45, 7) is 5.66. The molecule has 4 rings (SSSR count). The lowest BCUT2D eigenvalue weighted by molar-refractivity contribution is 0.0968. The van der Waals surface area contributed by atoms with E-state index < -0.39 is 0 Å². The number of Topliss-reactive ketones (excluding diaryl/α,β-unsaturated/α-hetero) is 1. The Balaban J connectivity index is 1.73. The van der Waals surface area contributed by atoms with Gasteiger partial charge >= 0.3 is 0 Å². The molecule has 0 bridgehead atoms. The summed E-state index contributed by atoms with van der Waals surface area (Å²) in [6.07, 6.45) is 1.25. The Hall–Kier alpha value is -3.48. The van der Waals surface area contributed by atoms with Crippen LogP contribution in [0.1, 0.15) is 27.5 Å². The molecule has 136 valence electrons. The van der Waals surface area contributed by atoms with Crippen molar-refractivity contribution in [3.63, 3.8) is 0 Å². The molecule has 0 radical (unpaired) electrons. The quantitative estimate of drug-likeness (QED) is 0.521. The van der Waals surface area contributed by atoms with Crippen LogP contribution in [0, 0.1) is 20.8 Å². The van der Waals surface area contributed by atoms with Crippen LogP contribution in [0.2, 0.25) is 0 Å². The number of ketones is 1. The minimum absolute atomic E-state index is 0.0446. The molecule has 0 aliphatic rings. The van der Waals surface area contributed by atoms with Gasteiger partial charge in [-0.3, -0.25) is 18.8 Å². The summed E-state index contributed by atoms with van der Waals surface area (Å²) in [6, 6.07) is 10.8. The summed E-state index contributed by atoms with van der Waals surface area (Å²) in [5, 5.41) is 8.73. The van der Waals surface area contributed by atoms with Crippen LogP contribution < -0.4 is 5.43 Å². The molecule has 1 aromatic carbocycles.